The van der Waals surface area contributed by atoms with Crippen molar-refractivity contribution < 1.29 is 4.74 Å². The molecule has 0 radical (unpaired) electrons. The summed E-state index contributed by atoms with van der Waals surface area (Å²) in [6.07, 6.45) is 13.3. The normalized spacial score (nSPS) is 23.7. The van der Waals surface area contributed by atoms with Gasteiger partial charge < -0.3 is 9.64 Å². The van der Waals surface area contributed by atoms with Gasteiger partial charge in [-0.05, 0) is 92.7 Å². The molecule has 2 aromatic carbocycles. The fourth-order valence-corrected chi connectivity index (χ4v) is 5.74. The van der Waals surface area contributed by atoms with E-state index in [0.29, 0.717) is 12.0 Å². The second-order valence-corrected chi connectivity index (χ2v) is 9.37. The number of likely N-dealkylation sites (tertiary alicyclic amines) is 1. The zero-order chi connectivity index (χ0) is 21.0. The van der Waals surface area contributed by atoms with Crippen LogP contribution in [-0.4, -0.2) is 49.1 Å². The van der Waals surface area contributed by atoms with E-state index in [1.807, 2.05) is 0 Å². The molecule has 0 spiro atoms. The van der Waals surface area contributed by atoms with Crippen molar-refractivity contribution in [3.63, 3.8) is 0 Å². The summed E-state index contributed by atoms with van der Waals surface area (Å²) in [4.78, 5) is 5.26. The van der Waals surface area contributed by atoms with Crippen molar-refractivity contribution in [1.82, 2.24) is 9.80 Å². The average Bonchev–Trinajstić information content (AvgIpc) is 3.31. The summed E-state index contributed by atoms with van der Waals surface area (Å²) in [5.41, 5.74) is 5.26. The quantitative estimate of drug-likeness (QED) is 0.477. The van der Waals surface area contributed by atoms with Gasteiger partial charge in [0.15, 0.2) is 0 Å². The van der Waals surface area contributed by atoms with Crippen molar-refractivity contribution in [3.05, 3.63) is 64.7 Å². The molecule has 0 bridgehead atoms. The molecule has 31 heavy (non-hydrogen) atoms. The number of hydrogen-bond acceptors (Lipinski definition) is 3. The van der Waals surface area contributed by atoms with Crippen LogP contribution in [0.15, 0.2) is 42.5 Å². The number of rotatable bonds is 6. The fourth-order valence-electron chi connectivity index (χ4n) is 5.74. The minimum atomic E-state index is 0.407. The second kappa shape index (κ2) is 9.47. The first-order valence-electron chi connectivity index (χ1n) is 12.1. The molecule has 0 N–H and O–H groups in total. The Labute approximate surface area is 187 Å². The standard InChI is InChI=1S/C28H34N2O/c1-2-22-9-11-23(12-10-22)27-21-30-18-6-8-28(30)26-20-24(13-14-25(26)27)31-19-7-17-29-15-4-3-5-16-29/h1,9-14,20,27-28H,3-8,15-19,21H2/t27-,28-/m1/s1. The van der Waals surface area contributed by atoms with Crippen LogP contribution in [0.1, 0.15) is 72.7 Å². The number of ether oxygens (including phenoxy) is 1. The monoisotopic (exact) mass is 414 g/mol. The highest BCUT2D eigenvalue weighted by molar-refractivity contribution is 5.47. The van der Waals surface area contributed by atoms with E-state index in [1.54, 1.807) is 0 Å². The van der Waals surface area contributed by atoms with Gasteiger partial charge in [0.05, 0.1) is 6.61 Å². The first kappa shape index (κ1) is 20.6. The van der Waals surface area contributed by atoms with Gasteiger partial charge in [0, 0.05) is 30.6 Å². The van der Waals surface area contributed by atoms with Crippen molar-refractivity contribution in [2.45, 2.75) is 50.5 Å². The number of hydrogen-bond donors (Lipinski definition) is 0. The van der Waals surface area contributed by atoms with Crippen LogP contribution < -0.4 is 4.74 Å². The van der Waals surface area contributed by atoms with Gasteiger partial charge in [-0.2, -0.15) is 0 Å². The lowest BCUT2D eigenvalue weighted by Gasteiger charge is -2.37. The highest BCUT2D eigenvalue weighted by atomic mass is 16.5. The molecule has 0 saturated carbocycles. The Morgan fingerprint density at radius 3 is 2.58 bits per heavy atom. The SMILES string of the molecule is C#Cc1ccc([C@H]2CN3CCC[C@@H]3c3cc(OCCCN4CCCCC4)ccc32)cc1. The molecule has 0 unspecified atom stereocenters. The van der Waals surface area contributed by atoms with Gasteiger partial charge in [0.1, 0.15) is 5.75 Å². The third-order valence-electron chi connectivity index (χ3n) is 7.39. The predicted octanol–water partition coefficient (Wildman–Crippen LogP) is 5.21. The number of benzene rings is 2. The molecule has 162 valence electrons. The largest absolute Gasteiger partial charge is 0.494 e. The summed E-state index contributed by atoms with van der Waals surface area (Å²) in [5.74, 6) is 4.18. The first-order valence-corrected chi connectivity index (χ1v) is 12.1. The predicted molar refractivity (Wildman–Crippen MR) is 127 cm³/mol. The van der Waals surface area contributed by atoms with Gasteiger partial charge in [-0.1, -0.05) is 30.5 Å². The van der Waals surface area contributed by atoms with Crippen molar-refractivity contribution in [3.8, 4) is 18.1 Å². The number of fused-ring (bicyclic) bond motifs is 3. The molecule has 0 aromatic heterocycles. The highest BCUT2D eigenvalue weighted by Crippen LogP contribution is 2.45. The van der Waals surface area contributed by atoms with Gasteiger partial charge in [0.25, 0.3) is 0 Å². The third kappa shape index (κ3) is 4.52. The maximum absolute atomic E-state index is 6.22. The molecule has 0 amide bonds. The Hall–Kier alpha value is -2.28. The van der Waals surface area contributed by atoms with Gasteiger partial charge in [-0.15, -0.1) is 6.42 Å². The first-order chi connectivity index (χ1) is 15.3. The molecule has 5 rings (SSSR count). The minimum absolute atomic E-state index is 0.407. The summed E-state index contributed by atoms with van der Waals surface area (Å²) in [6.45, 7) is 6.80. The topological polar surface area (TPSA) is 15.7 Å². The lowest BCUT2D eigenvalue weighted by molar-refractivity contribution is 0.204. The second-order valence-electron chi connectivity index (χ2n) is 9.37. The number of nitrogens with zero attached hydrogens (tertiary/aromatic N) is 2. The third-order valence-corrected chi connectivity index (χ3v) is 7.39. The molecule has 3 aliphatic rings. The van der Waals surface area contributed by atoms with Crippen LogP contribution in [0.2, 0.25) is 0 Å². The van der Waals surface area contributed by atoms with Gasteiger partial charge in [-0.3, -0.25) is 4.90 Å². The van der Waals surface area contributed by atoms with Gasteiger partial charge in [0.2, 0.25) is 0 Å². The molecule has 0 aliphatic carbocycles. The van der Waals surface area contributed by atoms with E-state index in [2.05, 4.69) is 58.2 Å². The van der Waals surface area contributed by atoms with Crippen LogP contribution in [0.3, 0.4) is 0 Å². The van der Waals surface area contributed by atoms with Crippen LogP contribution in [0, 0.1) is 12.3 Å². The number of terminal acetylenes is 1. The zero-order valence-electron chi connectivity index (χ0n) is 18.6. The highest BCUT2D eigenvalue weighted by Gasteiger charge is 2.36. The molecule has 3 aliphatic heterocycles. The van der Waals surface area contributed by atoms with Crippen LogP contribution in [-0.2, 0) is 0 Å². The number of piperidine rings is 1. The van der Waals surface area contributed by atoms with Crippen molar-refractivity contribution in [1.29, 1.82) is 0 Å². The molecule has 2 fully saturated rings. The Morgan fingerprint density at radius 2 is 1.77 bits per heavy atom. The van der Waals surface area contributed by atoms with Crippen LogP contribution in [0.25, 0.3) is 0 Å². The van der Waals surface area contributed by atoms with E-state index in [-0.39, 0.29) is 0 Å². The molecule has 3 nitrogen and oxygen atoms in total. The van der Waals surface area contributed by atoms with E-state index >= 15 is 0 Å². The van der Waals surface area contributed by atoms with Crippen LogP contribution in [0.4, 0.5) is 0 Å². The van der Waals surface area contributed by atoms with Crippen molar-refractivity contribution in [2.24, 2.45) is 0 Å². The Morgan fingerprint density at radius 1 is 0.935 bits per heavy atom. The maximum Gasteiger partial charge on any atom is 0.119 e. The molecule has 3 heteroatoms. The lowest BCUT2D eigenvalue weighted by atomic mass is 9.81. The summed E-state index contributed by atoms with van der Waals surface area (Å²) >= 11 is 0. The lowest BCUT2D eigenvalue weighted by Crippen LogP contribution is -2.34. The Balaban J connectivity index is 1.30. The summed E-state index contributed by atoms with van der Waals surface area (Å²) in [5, 5.41) is 0. The van der Waals surface area contributed by atoms with E-state index in [0.717, 1.165) is 37.4 Å². The fraction of sp³-hybridized carbons (Fsp3) is 0.500. The molecular weight excluding hydrogens is 380 g/mol. The zero-order valence-corrected chi connectivity index (χ0v) is 18.6. The summed E-state index contributed by atoms with van der Waals surface area (Å²) in [6, 6.07) is 16.0. The molecule has 2 atom stereocenters. The van der Waals surface area contributed by atoms with E-state index in [4.69, 9.17) is 11.2 Å². The van der Waals surface area contributed by atoms with Gasteiger partial charge in [-0.25, -0.2) is 0 Å². The van der Waals surface area contributed by atoms with Crippen molar-refractivity contribution in [2.75, 3.05) is 39.3 Å². The van der Waals surface area contributed by atoms with E-state index < -0.39 is 0 Å². The van der Waals surface area contributed by atoms with Crippen LogP contribution in [0.5, 0.6) is 5.75 Å². The van der Waals surface area contributed by atoms with Crippen molar-refractivity contribution >= 4 is 0 Å². The molecular formula is C28H34N2O. The maximum atomic E-state index is 6.22. The Kier molecular flexibility index (Phi) is 6.30. The molecule has 2 saturated heterocycles. The average molecular weight is 415 g/mol. The van der Waals surface area contributed by atoms with Crippen LogP contribution >= 0.6 is 0 Å². The summed E-state index contributed by atoms with van der Waals surface area (Å²) < 4.78 is 6.22. The Bertz CT molecular complexity index is 923. The summed E-state index contributed by atoms with van der Waals surface area (Å²) in [7, 11) is 0. The molecule has 3 heterocycles. The molecule has 2 aromatic rings. The van der Waals surface area contributed by atoms with E-state index in [9.17, 15) is 0 Å². The smallest absolute Gasteiger partial charge is 0.119 e. The minimum Gasteiger partial charge on any atom is -0.494 e. The van der Waals surface area contributed by atoms with Gasteiger partial charge >= 0.3 is 0 Å². The van der Waals surface area contributed by atoms with E-state index in [1.165, 1.54) is 68.4 Å².